The number of rotatable bonds is 8. The minimum absolute atomic E-state index is 0.0404. The first kappa shape index (κ1) is 17.4. The van der Waals surface area contributed by atoms with Crippen LogP contribution in [-0.4, -0.2) is 36.6 Å². The van der Waals surface area contributed by atoms with Gasteiger partial charge in [-0.2, -0.15) is 0 Å². The molecule has 0 unspecified atom stereocenters. The van der Waals surface area contributed by atoms with E-state index in [2.05, 4.69) is 5.32 Å². The van der Waals surface area contributed by atoms with Gasteiger partial charge in [0.15, 0.2) is 5.75 Å². The number of carbonyl (C=O) groups excluding carboxylic acids is 2. The van der Waals surface area contributed by atoms with E-state index in [0.29, 0.717) is 0 Å². The maximum absolute atomic E-state index is 11.9. The van der Waals surface area contributed by atoms with Crippen molar-refractivity contribution in [2.45, 2.75) is 20.3 Å². The topological polar surface area (TPSA) is 108 Å². The van der Waals surface area contributed by atoms with E-state index in [-0.39, 0.29) is 43.2 Å². The summed E-state index contributed by atoms with van der Waals surface area (Å²) in [5.41, 5.74) is -0.154. The first-order valence-electron chi connectivity index (χ1n) is 6.84. The van der Waals surface area contributed by atoms with Gasteiger partial charge >= 0.3 is 11.7 Å². The van der Waals surface area contributed by atoms with E-state index in [1.54, 1.807) is 13.8 Å². The Hall–Kier alpha value is -2.64. The molecule has 0 fully saturated rings. The minimum Gasteiger partial charge on any atom is -0.487 e. The molecule has 0 aliphatic carbocycles. The van der Waals surface area contributed by atoms with Crippen molar-refractivity contribution in [2.75, 3.05) is 19.8 Å². The lowest BCUT2D eigenvalue weighted by atomic mass is 10.1. The van der Waals surface area contributed by atoms with Crippen LogP contribution in [0.25, 0.3) is 0 Å². The molecule has 0 spiro atoms. The van der Waals surface area contributed by atoms with Crippen molar-refractivity contribution in [3.05, 3.63) is 33.9 Å². The Morgan fingerprint density at radius 3 is 2.59 bits per heavy atom. The zero-order chi connectivity index (χ0) is 16.5. The Kier molecular flexibility index (Phi) is 6.81. The molecule has 8 heteroatoms. The number of carbonyl (C=O) groups is 2. The molecule has 22 heavy (non-hydrogen) atoms. The standard InChI is InChI=1S/C14H18N2O6/c1-3-21-12-6-5-10(9-11(12)16(19)20)14(18)15-8-7-13(17)22-4-2/h5-6,9H,3-4,7-8H2,1-2H3,(H,15,18). The zero-order valence-electron chi connectivity index (χ0n) is 12.5. The molecular formula is C14H18N2O6. The molecule has 1 amide bonds. The number of ether oxygens (including phenoxy) is 2. The van der Waals surface area contributed by atoms with Crippen LogP contribution in [0.3, 0.4) is 0 Å². The molecule has 0 saturated heterocycles. The predicted molar refractivity (Wildman–Crippen MR) is 77.8 cm³/mol. The first-order valence-corrected chi connectivity index (χ1v) is 6.84. The van der Waals surface area contributed by atoms with Crippen LogP contribution in [0, 0.1) is 10.1 Å². The number of nitro groups is 1. The van der Waals surface area contributed by atoms with Gasteiger partial charge in [-0.25, -0.2) is 0 Å². The highest BCUT2D eigenvalue weighted by Gasteiger charge is 2.18. The maximum atomic E-state index is 11.9. The number of amides is 1. The molecule has 1 aromatic carbocycles. The monoisotopic (exact) mass is 310 g/mol. The van der Waals surface area contributed by atoms with E-state index < -0.39 is 16.8 Å². The third-order valence-corrected chi connectivity index (χ3v) is 2.64. The molecule has 0 aromatic heterocycles. The summed E-state index contributed by atoms with van der Waals surface area (Å²) in [6, 6.07) is 3.95. The third kappa shape index (κ3) is 5.04. The van der Waals surface area contributed by atoms with Gasteiger partial charge in [0.2, 0.25) is 0 Å². The normalized spacial score (nSPS) is 9.91. The quantitative estimate of drug-likeness (QED) is 0.444. The second-order valence-electron chi connectivity index (χ2n) is 4.18. The highest BCUT2D eigenvalue weighted by Crippen LogP contribution is 2.27. The molecule has 0 atom stereocenters. The number of nitro benzene ring substituents is 1. The minimum atomic E-state index is -0.611. The lowest BCUT2D eigenvalue weighted by Crippen LogP contribution is -2.26. The zero-order valence-corrected chi connectivity index (χ0v) is 12.5. The van der Waals surface area contributed by atoms with Crippen LogP contribution in [0.2, 0.25) is 0 Å². The number of hydrogen-bond acceptors (Lipinski definition) is 6. The van der Waals surface area contributed by atoms with E-state index in [9.17, 15) is 19.7 Å². The van der Waals surface area contributed by atoms with E-state index >= 15 is 0 Å². The van der Waals surface area contributed by atoms with Crippen molar-refractivity contribution < 1.29 is 24.0 Å². The summed E-state index contributed by atoms with van der Waals surface area (Å²) in [6.07, 6.45) is 0.0404. The molecule has 1 N–H and O–H groups in total. The van der Waals surface area contributed by atoms with Crippen molar-refractivity contribution in [3.63, 3.8) is 0 Å². The number of benzene rings is 1. The van der Waals surface area contributed by atoms with Crippen molar-refractivity contribution in [1.82, 2.24) is 5.32 Å². The maximum Gasteiger partial charge on any atom is 0.311 e. The molecule has 120 valence electrons. The van der Waals surface area contributed by atoms with E-state index in [1.165, 1.54) is 12.1 Å². The van der Waals surface area contributed by atoms with Crippen LogP contribution in [0.15, 0.2) is 18.2 Å². The van der Waals surface area contributed by atoms with Crippen LogP contribution in [0.4, 0.5) is 5.69 Å². The molecular weight excluding hydrogens is 292 g/mol. The largest absolute Gasteiger partial charge is 0.487 e. The highest BCUT2D eigenvalue weighted by molar-refractivity contribution is 5.95. The van der Waals surface area contributed by atoms with E-state index in [1.807, 2.05) is 0 Å². The van der Waals surface area contributed by atoms with Crippen molar-refractivity contribution >= 4 is 17.6 Å². The van der Waals surface area contributed by atoms with E-state index in [4.69, 9.17) is 9.47 Å². The predicted octanol–water partition coefficient (Wildman–Crippen LogP) is 1.68. The fourth-order valence-corrected chi connectivity index (χ4v) is 1.69. The molecule has 0 radical (unpaired) electrons. The molecule has 8 nitrogen and oxygen atoms in total. The fraction of sp³-hybridized carbons (Fsp3) is 0.429. The summed E-state index contributed by atoms with van der Waals surface area (Å²) in [5.74, 6) is -0.813. The van der Waals surface area contributed by atoms with Gasteiger partial charge in [-0.1, -0.05) is 0 Å². The van der Waals surface area contributed by atoms with Gasteiger partial charge in [0, 0.05) is 18.2 Å². The van der Waals surface area contributed by atoms with Gasteiger partial charge in [0.25, 0.3) is 5.91 Å². The summed E-state index contributed by atoms with van der Waals surface area (Å²) < 4.78 is 9.86. The van der Waals surface area contributed by atoms with Gasteiger partial charge in [-0.05, 0) is 26.0 Å². The smallest absolute Gasteiger partial charge is 0.311 e. The lowest BCUT2D eigenvalue weighted by Gasteiger charge is -2.07. The number of nitrogens with one attached hydrogen (secondary N) is 1. The Morgan fingerprint density at radius 2 is 2.00 bits per heavy atom. The number of nitrogens with zero attached hydrogens (tertiary/aromatic N) is 1. The average Bonchev–Trinajstić information content (AvgIpc) is 2.47. The molecule has 0 aliphatic heterocycles. The fourth-order valence-electron chi connectivity index (χ4n) is 1.69. The van der Waals surface area contributed by atoms with Crippen LogP contribution < -0.4 is 10.1 Å². The summed E-state index contributed by atoms with van der Waals surface area (Å²) in [4.78, 5) is 33.4. The Balaban J connectivity index is 2.71. The SMILES string of the molecule is CCOC(=O)CCNC(=O)c1ccc(OCC)c([N+](=O)[O-])c1. The molecule has 0 bridgehead atoms. The van der Waals surface area contributed by atoms with Gasteiger partial charge in [-0.3, -0.25) is 19.7 Å². The highest BCUT2D eigenvalue weighted by atomic mass is 16.6. The van der Waals surface area contributed by atoms with Crippen LogP contribution in [0.5, 0.6) is 5.75 Å². The van der Waals surface area contributed by atoms with Crippen molar-refractivity contribution in [2.24, 2.45) is 0 Å². The second-order valence-corrected chi connectivity index (χ2v) is 4.18. The van der Waals surface area contributed by atoms with E-state index in [0.717, 1.165) is 6.07 Å². The number of hydrogen-bond donors (Lipinski definition) is 1. The summed E-state index contributed by atoms with van der Waals surface area (Å²) >= 11 is 0. The first-order chi connectivity index (χ1) is 10.5. The van der Waals surface area contributed by atoms with Gasteiger partial charge in [-0.15, -0.1) is 0 Å². The summed E-state index contributed by atoms with van der Waals surface area (Å²) in [7, 11) is 0. The third-order valence-electron chi connectivity index (χ3n) is 2.64. The molecule has 1 rings (SSSR count). The van der Waals surface area contributed by atoms with Crippen molar-refractivity contribution in [1.29, 1.82) is 0 Å². The van der Waals surface area contributed by atoms with Gasteiger partial charge < -0.3 is 14.8 Å². The molecule has 1 aromatic rings. The second kappa shape index (κ2) is 8.60. The summed E-state index contributed by atoms with van der Waals surface area (Å²) in [6.45, 7) is 4.05. The Labute approximate surface area is 127 Å². The molecule has 0 saturated carbocycles. The van der Waals surface area contributed by atoms with Crippen molar-refractivity contribution in [3.8, 4) is 5.75 Å². The van der Waals surface area contributed by atoms with Gasteiger partial charge in [0.05, 0.1) is 24.6 Å². The average molecular weight is 310 g/mol. The van der Waals surface area contributed by atoms with Crippen LogP contribution in [-0.2, 0) is 9.53 Å². The van der Waals surface area contributed by atoms with Crippen LogP contribution in [0.1, 0.15) is 30.6 Å². The van der Waals surface area contributed by atoms with Crippen LogP contribution >= 0.6 is 0 Å². The number of esters is 1. The lowest BCUT2D eigenvalue weighted by molar-refractivity contribution is -0.385. The Morgan fingerprint density at radius 1 is 1.27 bits per heavy atom. The molecule has 0 aliphatic rings. The summed E-state index contributed by atoms with van der Waals surface area (Å²) in [5, 5.41) is 13.5. The Bertz CT molecular complexity index is 558. The van der Waals surface area contributed by atoms with Gasteiger partial charge in [0.1, 0.15) is 0 Å². The molecule has 0 heterocycles.